The van der Waals surface area contributed by atoms with Gasteiger partial charge in [-0.3, -0.25) is 9.78 Å². The topological polar surface area (TPSA) is 93.3 Å². The highest BCUT2D eigenvalue weighted by Crippen LogP contribution is 2.52. The number of aryl methyl sites for hydroxylation is 4. The van der Waals surface area contributed by atoms with Crippen molar-refractivity contribution in [3.05, 3.63) is 64.2 Å². The molecule has 2 aliphatic carbocycles. The molecule has 0 spiro atoms. The number of rotatable bonds is 7. The molecular weight excluding hydrogens is 438 g/mol. The summed E-state index contributed by atoms with van der Waals surface area (Å²) in [5.41, 5.74) is 4.48. The first-order valence-electron chi connectivity index (χ1n) is 12.9. The lowest BCUT2D eigenvalue weighted by molar-refractivity contribution is -0.120. The highest BCUT2D eigenvalue weighted by atomic mass is 16.3. The van der Waals surface area contributed by atoms with Gasteiger partial charge >= 0.3 is 0 Å². The van der Waals surface area contributed by atoms with Crippen molar-refractivity contribution in [2.75, 3.05) is 0 Å². The van der Waals surface area contributed by atoms with Crippen LogP contribution in [-0.2, 0) is 24.1 Å². The average Bonchev–Trinajstić information content (AvgIpc) is 3.51. The summed E-state index contributed by atoms with van der Waals surface area (Å²) in [4.78, 5) is 26.9. The lowest BCUT2D eigenvalue weighted by atomic mass is 9.62. The molecule has 0 aromatic carbocycles. The summed E-state index contributed by atoms with van der Waals surface area (Å²) < 4.78 is 1.70. The summed E-state index contributed by atoms with van der Waals surface area (Å²) >= 11 is 0. The summed E-state index contributed by atoms with van der Waals surface area (Å²) in [5, 5.41) is 15.8. The second-order valence-electron chi connectivity index (χ2n) is 10.5. The number of aliphatic hydroxyl groups is 1. The molecule has 0 saturated heterocycles. The Labute approximate surface area is 206 Å². The van der Waals surface area contributed by atoms with Crippen LogP contribution in [0, 0.1) is 25.2 Å². The molecule has 3 aromatic heterocycles. The standard InChI is InChI=1S/C28H35N5O2/c1-4-22-14-20(10-12-29-22)9-11-28(21-7-5-6-8-21)16-24(34)23(25(35)17-28)15-26-31-27-30-18(2)13-19(3)33(27)32-26/h10,12-14,21,34H,4-9,11,15-17H2,1-3H3. The van der Waals surface area contributed by atoms with Crippen LogP contribution >= 0.6 is 0 Å². The molecule has 2 aliphatic rings. The zero-order valence-electron chi connectivity index (χ0n) is 21.0. The van der Waals surface area contributed by atoms with Crippen molar-refractivity contribution >= 4 is 11.6 Å². The molecule has 1 atom stereocenters. The number of hydrogen-bond acceptors (Lipinski definition) is 6. The number of fused-ring (bicyclic) bond motifs is 1. The molecule has 3 heterocycles. The number of carbonyl (C=O) groups is 1. The number of carbonyl (C=O) groups excluding carboxylic acids is 1. The highest BCUT2D eigenvalue weighted by molar-refractivity contribution is 5.97. The van der Waals surface area contributed by atoms with Gasteiger partial charge in [-0.1, -0.05) is 19.8 Å². The lowest BCUT2D eigenvalue weighted by Gasteiger charge is -2.42. The molecule has 1 unspecified atom stereocenters. The molecule has 7 heteroatoms. The van der Waals surface area contributed by atoms with Crippen molar-refractivity contribution in [1.29, 1.82) is 0 Å². The second kappa shape index (κ2) is 9.51. The molecule has 0 amide bonds. The molecule has 184 valence electrons. The number of aromatic nitrogens is 5. The van der Waals surface area contributed by atoms with Crippen molar-refractivity contribution in [2.45, 2.75) is 85.0 Å². The first-order valence-corrected chi connectivity index (χ1v) is 12.9. The molecule has 0 aliphatic heterocycles. The van der Waals surface area contributed by atoms with Gasteiger partial charge in [0.05, 0.1) is 5.76 Å². The van der Waals surface area contributed by atoms with Gasteiger partial charge in [0, 0.05) is 48.1 Å². The molecule has 35 heavy (non-hydrogen) atoms. The van der Waals surface area contributed by atoms with Crippen LogP contribution in [0.3, 0.4) is 0 Å². The third kappa shape index (κ3) is 4.73. The van der Waals surface area contributed by atoms with Crippen LogP contribution in [0.4, 0.5) is 0 Å². The Bertz CT molecular complexity index is 1290. The predicted molar refractivity (Wildman–Crippen MR) is 134 cm³/mol. The van der Waals surface area contributed by atoms with Crippen LogP contribution in [-0.4, -0.2) is 35.5 Å². The molecule has 1 fully saturated rings. The fraction of sp³-hybridized carbons (Fsp3) is 0.536. The van der Waals surface area contributed by atoms with Gasteiger partial charge < -0.3 is 5.11 Å². The first-order chi connectivity index (χ1) is 16.9. The van der Waals surface area contributed by atoms with E-state index in [4.69, 9.17) is 0 Å². The van der Waals surface area contributed by atoms with Gasteiger partial charge in [-0.05, 0) is 81.0 Å². The minimum atomic E-state index is -0.182. The van der Waals surface area contributed by atoms with E-state index < -0.39 is 0 Å². The van der Waals surface area contributed by atoms with Crippen LogP contribution < -0.4 is 0 Å². The van der Waals surface area contributed by atoms with E-state index in [0.717, 1.165) is 49.2 Å². The first kappa shape index (κ1) is 23.6. The fourth-order valence-corrected chi connectivity index (χ4v) is 6.21. The number of hydrogen-bond donors (Lipinski definition) is 1. The fourth-order valence-electron chi connectivity index (χ4n) is 6.21. The number of nitrogens with zero attached hydrogens (tertiary/aromatic N) is 5. The van der Waals surface area contributed by atoms with E-state index in [9.17, 15) is 9.90 Å². The van der Waals surface area contributed by atoms with E-state index in [0.29, 0.717) is 35.9 Å². The summed E-state index contributed by atoms with van der Waals surface area (Å²) in [6.45, 7) is 6.01. The van der Waals surface area contributed by atoms with Crippen LogP contribution in [0.1, 0.15) is 80.3 Å². The largest absolute Gasteiger partial charge is 0.512 e. The zero-order valence-corrected chi connectivity index (χ0v) is 21.0. The summed E-state index contributed by atoms with van der Waals surface area (Å²) in [5.74, 6) is 1.82. The maximum Gasteiger partial charge on any atom is 0.252 e. The van der Waals surface area contributed by atoms with Crippen molar-refractivity contribution in [3.8, 4) is 0 Å². The Balaban J connectivity index is 1.40. The molecular formula is C28H35N5O2. The molecule has 0 radical (unpaired) electrons. The van der Waals surface area contributed by atoms with Crippen molar-refractivity contribution in [3.63, 3.8) is 0 Å². The van der Waals surface area contributed by atoms with E-state index in [1.54, 1.807) is 4.52 Å². The van der Waals surface area contributed by atoms with Gasteiger partial charge in [0.1, 0.15) is 0 Å². The number of pyridine rings is 1. The van der Waals surface area contributed by atoms with Crippen molar-refractivity contribution in [1.82, 2.24) is 24.6 Å². The summed E-state index contributed by atoms with van der Waals surface area (Å²) in [6.07, 6.45) is 10.6. The van der Waals surface area contributed by atoms with E-state index in [2.05, 4.69) is 39.1 Å². The van der Waals surface area contributed by atoms with Gasteiger partial charge in [0.25, 0.3) is 5.78 Å². The molecule has 1 N–H and O–H groups in total. The Morgan fingerprint density at radius 2 is 1.94 bits per heavy atom. The van der Waals surface area contributed by atoms with Gasteiger partial charge in [0.15, 0.2) is 11.6 Å². The molecule has 3 aromatic rings. The van der Waals surface area contributed by atoms with Gasteiger partial charge in [-0.2, -0.15) is 4.98 Å². The third-order valence-electron chi connectivity index (χ3n) is 8.09. The molecule has 0 bridgehead atoms. The van der Waals surface area contributed by atoms with E-state index in [1.165, 1.54) is 18.4 Å². The maximum atomic E-state index is 13.5. The number of allylic oxidation sites excluding steroid dienone is 2. The van der Waals surface area contributed by atoms with E-state index >= 15 is 0 Å². The van der Waals surface area contributed by atoms with E-state index in [1.807, 2.05) is 26.1 Å². The van der Waals surface area contributed by atoms with Crippen LogP contribution in [0.15, 0.2) is 35.7 Å². The Kier molecular flexibility index (Phi) is 6.43. The number of aliphatic hydroxyl groups excluding tert-OH is 1. The molecule has 5 rings (SSSR count). The minimum absolute atomic E-state index is 0.0457. The number of Topliss-reactive ketones (excluding diaryl/α,β-unsaturated/α-hetero) is 1. The Morgan fingerprint density at radius 1 is 1.14 bits per heavy atom. The molecule has 7 nitrogen and oxygen atoms in total. The Morgan fingerprint density at radius 3 is 2.69 bits per heavy atom. The SMILES string of the molecule is CCc1cc(CCC2(C3CCCC3)CC(=O)C(Cc3nc4nc(C)cc(C)n4n3)=C(O)C2)ccn1. The van der Waals surface area contributed by atoms with Crippen LogP contribution in [0.5, 0.6) is 0 Å². The van der Waals surface area contributed by atoms with Crippen molar-refractivity contribution in [2.24, 2.45) is 11.3 Å². The molecule has 1 saturated carbocycles. The average molecular weight is 474 g/mol. The Hall–Kier alpha value is -3.09. The zero-order chi connectivity index (χ0) is 24.6. The van der Waals surface area contributed by atoms with Gasteiger partial charge in [-0.15, -0.1) is 5.10 Å². The smallest absolute Gasteiger partial charge is 0.252 e. The lowest BCUT2D eigenvalue weighted by Crippen LogP contribution is -2.37. The van der Waals surface area contributed by atoms with Crippen molar-refractivity contribution < 1.29 is 9.90 Å². The number of ketones is 1. The minimum Gasteiger partial charge on any atom is -0.512 e. The predicted octanol–water partition coefficient (Wildman–Crippen LogP) is 5.23. The quantitative estimate of drug-likeness (QED) is 0.505. The normalized spacial score (nSPS) is 21.4. The summed E-state index contributed by atoms with van der Waals surface area (Å²) in [7, 11) is 0. The monoisotopic (exact) mass is 473 g/mol. The maximum absolute atomic E-state index is 13.5. The van der Waals surface area contributed by atoms with Gasteiger partial charge in [-0.25, -0.2) is 9.50 Å². The van der Waals surface area contributed by atoms with Crippen LogP contribution in [0.25, 0.3) is 5.78 Å². The highest BCUT2D eigenvalue weighted by Gasteiger charge is 2.46. The van der Waals surface area contributed by atoms with E-state index in [-0.39, 0.29) is 23.4 Å². The third-order valence-corrected chi connectivity index (χ3v) is 8.09. The second-order valence-corrected chi connectivity index (χ2v) is 10.5. The van der Waals surface area contributed by atoms with Gasteiger partial charge in [0.2, 0.25) is 0 Å². The summed E-state index contributed by atoms with van der Waals surface area (Å²) in [6, 6.07) is 6.22. The van der Waals surface area contributed by atoms with Crippen LogP contribution in [0.2, 0.25) is 0 Å².